The molecule has 4 nitrogen and oxygen atoms in total. The summed E-state index contributed by atoms with van der Waals surface area (Å²) in [4.78, 5) is 14.1. The van der Waals surface area contributed by atoms with Gasteiger partial charge in [0.15, 0.2) is 0 Å². The van der Waals surface area contributed by atoms with Crippen LogP contribution in [0.25, 0.3) is 0 Å². The van der Waals surface area contributed by atoms with Gasteiger partial charge >= 0.3 is 5.97 Å². The molecule has 0 spiro atoms. The number of nitrogens with zero attached hydrogens (tertiary/aromatic N) is 1. The first-order valence-corrected chi connectivity index (χ1v) is 6.77. The van der Waals surface area contributed by atoms with Crippen molar-refractivity contribution in [3.8, 4) is 0 Å². The minimum Gasteiger partial charge on any atom is -0.468 e. The lowest BCUT2D eigenvalue weighted by atomic mass is 9.94. The van der Waals surface area contributed by atoms with Gasteiger partial charge in [-0.25, -0.2) is 0 Å². The molecule has 1 saturated heterocycles. The molecular weight excluding hydrogens is 240 g/mol. The largest absolute Gasteiger partial charge is 0.468 e. The fourth-order valence-corrected chi connectivity index (χ4v) is 2.76. The van der Waals surface area contributed by atoms with Gasteiger partial charge in [0.2, 0.25) is 0 Å². The Bertz CT molecular complexity index is 421. The second-order valence-corrected chi connectivity index (χ2v) is 5.15. The quantitative estimate of drug-likeness (QED) is 0.843. The molecule has 0 amide bonds. The SMILES string of the molecule is COC(=O)[C@H]1C[C@H](N)CCN1[C@@H](C)c1ccccc1. The van der Waals surface area contributed by atoms with Crippen LogP contribution < -0.4 is 5.73 Å². The summed E-state index contributed by atoms with van der Waals surface area (Å²) in [5, 5.41) is 0. The Labute approximate surface area is 114 Å². The molecule has 3 atom stereocenters. The van der Waals surface area contributed by atoms with E-state index in [2.05, 4.69) is 24.0 Å². The highest BCUT2D eigenvalue weighted by atomic mass is 16.5. The lowest BCUT2D eigenvalue weighted by Gasteiger charge is -2.40. The number of hydrogen-bond donors (Lipinski definition) is 1. The minimum absolute atomic E-state index is 0.0864. The molecule has 2 rings (SSSR count). The Morgan fingerprint density at radius 2 is 2.11 bits per heavy atom. The fourth-order valence-electron chi connectivity index (χ4n) is 2.76. The Morgan fingerprint density at radius 3 is 2.74 bits per heavy atom. The third kappa shape index (κ3) is 3.14. The average molecular weight is 262 g/mol. The number of carbonyl (C=O) groups excluding carboxylic acids is 1. The van der Waals surface area contributed by atoms with Crippen LogP contribution in [0.4, 0.5) is 0 Å². The van der Waals surface area contributed by atoms with E-state index in [1.807, 2.05) is 18.2 Å². The van der Waals surface area contributed by atoms with Crippen LogP contribution in [-0.4, -0.2) is 36.6 Å². The van der Waals surface area contributed by atoms with Gasteiger partial charge in [0.1, 0.15) is 6.04 Å². The highest BCUT2D eigenvalue weighted by Crippen LogP contribution is 2.28. The van der Waals surface area contributed by atoms with Crippen molar-refractivity contribution < 1.29 is 9.53 Å². The average Bonchev–Trinajstić information content (AvgIpc) is 2.46. The minimum atomic E-state index is -0.232. The molecule has 1 aromatic rings. The summed E-state index contributed by atoms with van der Waals surface area (Å²) >= 11 is 0. The molecule has 0 aromatic heterocycles. The van der Waals surface area contributed by atoms with Crippen molar-refractivity contribution in [3.63, 3.8) is 0 Å². The zero-order chi connectivity index (χ0) is 13.8. The van der Waals surface area contributed by atoms with Crippen LogP contribution >= 0.6 is 0 Å². The molecule has 4 heteroatoms. The highest BCUT2D eigenvalue weighted by Gasteiger charge is 2.35. The van der Waals surface area contributed by atoms with E-state index in [0.29, 0.717) is 6.42 Å². The van der Waals surface area contributed by atoms with Gasteiger partial charge in [-0.3, -0.25) is 9.69 Å². The second-order valence-electron chi connectivity index (χ2n) is 5.15. The monoisotopic (exact) mass is 262 g/mol. The lowest BCUT2D eigenvalue weighted by molar-refractivity contribution is -0.149. The van der Waals surface area contributed by atoms with E-state index in [-0.39, 0.29) is 24.1 Å². The van der Waals surface area contributed by atoms with Gasteiger partial charge in [-0.05, 0) is 25.3 Å². The summed E-state index contributed by atoms with van der Waals surface area (Å²) in [6.45, 7) is 2.96. The van der Waals surface area contributed by atoms with Crippen molar-refractivity contribution in [2.45, 2.75) is 37.9 Å². The number of carbonyl (C=O) groups is 1. The fraction of sp³-hybridized carbons (Fsp3) is 0.533. The Morgan fingerprint density at radius 1 is 1.42 bits per heavy atom. The second kappa shape index (κ2) is 6.17. The van der Waals surface area contributed by atoms with Gasteiger partial charge in [0, 0.05) is 18.6 Å². The molecule has 1 heterocycles. The smallest absolute Gasteiger partial charge is 0.323 e. The molecule has 1 aromatic carbocycles. The first-order valence-electron chi connectivity index (χ1n) is 6.77. The number of likely N-dealkylation sites (tertiary alicyclic amines) is 1. The molecule has 0 radical (unpaired) electrons. The molecule has 0 aliphatic carbocycles. The zero-order valence-corrected chi connectivity index (χ0v) is 11.6. The van der Waals surface area contributed by atoms with Gasteiger partial charge in [-0.1, -0.05) is 30.3 Å². The van der Waals surface area contributed by atoms with Crippen molar-refractivity contribution in [1.29, 1.82) is 0 Å². The molecule has 2 N–H and O–H groups in total. The van der Waals surface area contributed by atoms with Crippen LogP contribution in [0.5, 0.6) is 0 Å². The Hall–Kier alpha value is -1.39. The number of rotatable bonds is 3. The molecule has 19 heavy (non-hydrogen) atoms. The molecule has 1 aliphatic heterocycles. The number of benzene rings is 1. The zero-order valence-electron chi connectivity index (χ0n) is 11.6. The van der Waals surface area contributed by atoms with Crippen LogP contribution in [0.1, 0.15) is 31.4 Å². The van der Waals surface area contributed by atoms with E-state index >= 15 is 0 Å². The molecule has 104 valence electrons. The highest BCUT2D eigenvalue weighted by molar-refractivity contribution is 5.76. The molecule has 0 unspecified atom stereocenters. The van der Waals surface area contributed by atoms with Crippen molar-refractivity contribution in [1.82, 2.24) is 4.90 Å². The van der Waals surface area contributed by atoms with E-state index in [9.17, 15) is 4.79 Å². The molecule has 0 saturated carbocycles. The maximum absolute atomic E-state index is 11.9. The number of esters is 1. The van der Waals surface area contributed by atoms with Gasteiger partial charge in [0.25, 0.3) is 0 Å². The van der Waals surface area contributed by atoms with Gasteiger partial charge in [0.05, 0.1) is 7.11 Å². The number of nitrogens with two attached hydrogens (primary N) is 1. The normalized spacial score (nSPS) is 25.8. The van der Waals surface area contributed by atoms with Gasteiger partial charge in [-0.2, -0.15) is 0 Å². The summed E-state index contributed by atoms with van der Waals surface area (Å²) in [5.41, 5.74) is 7.20. The lowest BCUT2D eigenvalue weighted by Crippen LogP contribution is -2.51. The van der Waals surface area contributed by atoms with E-state index < -0.39 is 0 Å². The molecule has 0 bridgehead atoms. The summed E-state index contributed by atoms with van der Waals surface area (Å²) in [6.07, 6.45) is 1.59. The van der Waals surface area contributed by atoms with Gasteiger partial charge < -0.3 is 10.5 Å². The maximum atomic E-state index is 11.9. The number of piperidine rings is 1. The maximum Gasteiger partial charge on any atom is 0.323 e. The summed E-state index contributed by atoms with van der Waals surface area (Å²) in [5.74, 6) is -0.182. The number of ether oxygens (including phenoxy) is 1. The van der Waals surface area contributed by atoms with Gasteiger partial charge in [-0.15, -0.1) is 0 Å². The molecule has 1 aliphatic rings. The van der Waals surface area contributed by atoms with Crippen molar-refractivity contribution in [2.24, 2.45) is 5.73 Å². The summed E-state index contributed by atoms with van der Waals surface area (Å²) in [7, 11) is 1.44. The predicted molar refractivity (Wildman–Crippen MR) is 74.6 cm³/mol. The van der Waals surface area contributed by atoms with Crippen LogP contribution in [-0.2, 0) is 9.53 Å². The predicted octanol–water partition coefficient (Wildman–Crippen LogP) is 1.71. The summed E-state index contributed by atoms with van der Waals surface area (Å²) in [6, 6.07) is 10.3. The number of methoxy groups -OCH3 is 1. The number of hydrogen-bond acceptors (Lipinski definition) is 4. The van der Waals surface area contributed by atoms with E-state index in [1.165, 1.54) is 12.7 Å². The van der Waals surface area contributed by atoms with E-state index in [4.69, 9.17) is 10.5 Å². The van der Waals surface area contributed by atoms with Crippen molar-refractivity contribution >= 4 is 5.97 Å². The first-order chi connectivity index (χ1) is 9.13. The van der Waals surface area contributed by atoms with Crippen LogP contribution in [0.3, 0.4) is 0 Å². The Kier molecular flexibility index (Phi) is 4.56. The van der Waals surface area contributed by atoms with Crippen molar-refractivity contribution in [3.05, 3.63) is 35.9 Å². The first kappa shape index (κ1) is 14.0. The third-order valence-corrected chi connectivity index (χ3v) is 3.94. The van der Waals surface area contributed by atoms with Crippen molar-refractivity contribution in [2.75, 3.05) is 13.7 Å². The van der Waals surface area contributed by atoms with E-state index in [1.54, 1.807) is 0 Å². The summed E-state index contributed by atoms with van der Waals surface area (Å²) < 4.78 is 4.92. The Balaban J connectivity index is 2.18. The van der Waals surface area contributed by atoms with Crippen LogP contribution in [0, 0.1) is 0 Å². The van der Waals surface area contributed by atoms with Crippen LogP contribution in [0.2, 0.25) is 0 Å². The topological polar surface area (TPSA) is 55.6 Å². The standard InChI is InChI=1S/C15H22N2O2/c1-11(12-6-4-3-5-7-12)17-9-8-13(16)10-14(17)15(18)19-2/h3-7,11,13-14H,8-10,16H2,1-2H3/t11-,13+,14+/m0/s1. The third-order valence-electron chi connectivity index (χ3n) is 3.94. The molecular formula is C15H22N2O2. The molecule has 1 fully saturated rings. The van der Waals surface area contributed by atoms with Crippen LogP contribution in [0.15, 0.2) is 30.3 Å². The van der Waals surface area contributed by atoms with E-state index in [0.717, 1.165) is 13.0 Å².